The summed E-state index contributed by atoms with van der Waals surface area (Å²) in [5, 5.41) is 10.1. The van der Waals surface area contributed by atoms with Crippen molar-refractivity contribution >= 4 is 11.9 Å². The number of benzene rings is 1. The molecule has 7 heteroatoms. The highest BCUT2D eigenvalue weighted by molar-refractivity contribution is 5.89. The highest BCUT2D eigenvalue weighted by Crippen LogP contribution is 2.16. The summed E-state index contributed by atoms with van der Waals surface area (Å²) in [6.07, 6.45) is -0.143. The van der Waals surface area contributed by atoms with Crippen LogP contribution in [-0.4, -0.2) is 55.7 Å². The molecule has 0 aliphatic carbocycles. The predicted octanol–water partition coefficient (Wildman–Crippen LogP) is 0.675. The standard InChI is InChI=1S/C16H18O7/c1-20-10-14(17)23-12-7-8-21-13(15(12)18)9-22-16(19)11-5-3-2-4-6-11/h2-8,12-13,15,18H,9-10H2,1H3/t12-,13-,15+/m1/s1. The van der Waals surface area contributed by atoms with Crippen molar-refractivity contribution in [1.29, 1.82) is 0 Å². The Morgan fingerprint density at radius 3 is 2.70 bits per heavy atom. The largest absolute Gasteiger partial charge is 0.492 e. The SMILES string of the molecule is COCC(=O)O[C@@H]1C=CO[C@H](COC(=O)c2ccccc2)[C@H]1O. The molecule has 0 aromatic heterocycles. The van der Waals surface area contributed by atoms with E-state index >= 15 is 0 Å². The maximum Gasteiger partial charge on any atom is 0.338 e. The Hall–Kier alpha value is -2.38. The molecular weight excluding hydrogens is 304 g/mol. The zero-order valence-corrected chi connectivity index (χ0v) is 12.6. The molecule has 0 radical (unpaired) electrons. The van der Waals surface area contributed by atoms with E-state index in [1.54, 1.807) is 30.3 Å². The molecule has 1 N–H and O–H groups in total. The summed E-state index contributed by atoms with van der Waals surface area (Å²) < 4.78 is 20.0. The summed E-state index contributed by atoms with van der Waals surface area (Å²) >= 11 is 0. The number of carbonyl (C=O) groups excluding carboxylic acids is 2. The van der Waals surface area contributed by atoms with E-state index in [0.29, 0.717) is 5.56 Å². The van der Waals surface area contributed by atoms with Gasteiger partial charge in [-0.25, -0.2) is 9.59 Å². The molecule has 124 valence electrons. The molecule has 1 heterocycles. The van der Waals surface area contributed by atoms with E-state index < -0.39 is 30.3 Å². The van der Waals surface area contributed by atoms with Gasteiger partial charge in [-0.2, -0.15) is 0 Å². The molecular formula is C16H18O7. The summed E-state index contributed by atoms with van der Waals surface area (Å²) in [7, 11) is 1.36. The lowest BCUT2D eigenvalue weighted by molar-refractivity contribution is -0.163. The topological polar surface area (TPSA) is 91.3 Å². The number of ether oxygens (including phenoxy) is 4. The van der Waals surface area contributed by atoms with Crippen LogP contribution >= 0.6 is 0 Å². The first-order valence-corrected chi connectivity index (χ1v) is 7.02. The van der Waals surface area contributed by atoms with E-state index in [0.717, 1.165) is 0 Å². The van der Waals surface area contributed by atoms with Crippen LogP contribution in [0.1, 0.15) is 10.4 Å². The molecule has 7 nitrogen and oxygen atoms in total. The lowest BCUT2D eigenvalue weighted by Crippen LogP contribution is -2.45. The summed E-state index contributed by atoms with van der Waals surface area (Å²) in [4.78, 5) is 23.3. The Balaban J connectivity index is 1.87. The molecule has 23 heavy (non-hydrogen) atoms. The van der Waals surface area contributed by atoms with Crippen LogP contribution in [0.3, 0.4) is 0 Å². The maximum absolute atomic E-state index is 11.9. The van der Waals surface area contributed by atoms with Gasteiger partial charge in [-0.1, -0.05) is 18.2 Å². The molecule has 0 spiro atoms. The number of hydrogen-bond acceptors (Lipinski definition) is 7. The van der Waals surface area contributed by atoms with Gasteiger partial charge in [0.25, 0.3) is 0 Å². The Labute approximate surface area is 133 Å². The van der Waals surface area contributed by atoms with Gasteiger partial charge in [0.1, 0.15) is 19.3 Å². The van der Waals surface area contributed by atoms with Crippen LogP contribution in [0.15, 0.2) is 42.7 Å². The lowest BCUT2D eigenvalue weighted by atomic mass is 10.1. The van der Waals surface area contributed by atoms with E-state index in [9.17, 15) is 14.7 Å². The second-order valence-corrected chi connectivity index (χ2v) is 4.85. The minimum Gasteiger partial charge on any atom is -0.492 e. The van der Waals surface area contributed by atoms with Gasteiger partial charge >= 0.3 is 11.9 Å². The van der Waals surface area contributed by atoms with E-state index in [2.05, 4.69) is 4.74 Å². The van der Waals surface area contributed by atoms with Crippen LogP contribution in [0.4, 0.5) is 0 Å². The smallest absolute Gasteiger partial charge is 0.338 e. The van der Waals surface area contributed by atoms with Crippen LogP contribution < -0.4 is 0 Å². The molecule has 1 aromatic rings. The van der Waals surface area contributed by atoms with E-state index in [4.69, 9.17) is 14.2 Å². The average molecular weight is 322 g/mol. The van der Waals surface area contributed by atoms with Crippen molar-refractivity contribution in [1.82, 2.24) is 0 Å². The van der Waals surface area contributed by atoms with Gasteiger partial charge in [0.05, 0.1) is 11.8 Å². The van der Waals surface area contributed by atoms with E-state index in [1.807, 2.05) is 0 Å². The molecule has 0 saturated carbocycles. The Bertz CT molecular complexity index is 555. The molecule has 1 aromatic carbocycles. The second kappa shape index (κ2) is 8.30. The molecule has 0 unspecified atom stereocenters. The highest BCUT2D eigenvalue weighted by Gasteiger charge is 2.34. The highest BCUT2D eigenvalue weighted by atomic mass is 16.6. The number of carbonyl (C=O) groups is 2. The fourth-order valence-corrected chi connectivity index (χ4v) is 2.00. The minimum atomic E-state index is -1.15. The summed E-state index contributed by atoms with van der Waals surface area (Å²) in [6, 6.07) is 8.47. The van der Waals surface area contributed by atoms with Crippen molar-refractivity contribution in [2.45, 2.75) is 18.3 Å². The minimum absolute atomic E-state index is 0.169. The van der Waals surface area contributed by atoms with Crippen LogP contribution in [-0.2, 0) is 23.7 Å². The van der Waals surface area contributed by atoms with E-state index in [-0.39, 0.29) is 13.2 Å². The van der Waals surface area contributed by atoms with Crippen molar-refractivity contribution in [3.63, 3.8) is 0 Å². The fourth-order valence-electron chi connectivity index (χ4n) is 2.00. The Kier molecular flexibility index (Phi) is 6.13. The zero-order chi connectivity index (χ0) is 16.7. The van der Waals surface area contributed by atoms with Crippen LogP contribution in [0.2, 0.25) is 0 Å². The van der Waals surface area contributed by atoms with Crippen LogP contribution in [0, 0.1) is 0 Å². The number of aliphatic hydroxyl groups excluding tert-OH is 1. The van der Waals surface area contributed by atoms with Gasteiger partial charge in [0, 0.05) is 7.11 Å². The number of aliphatic hydroxyl groups is 1. The predicted molar refractivity (Wildman–Crippen MR) is 78.5 cm³/mol. The maximum atomic E-state index is 11.9. The third-order valence-electron chi connectivity index (χ3n) is 3.16. The fraction of sp³-hybridized carbons (Fsp3) is 0.375. The number of hydrogen-bond donors (Lipinski definition) is 1. The summed E-state index contributed by atoms with van der Waals surface area (Å²) in [6.45, 7) is -0.386. The van der Waals surface area contributed by atoms with Gasteiger partial charge < -0.3 is 24.1 Å². The van der Waals surface area contributed by atoms with Crippen molar-refractivity contribution in [2.24, 2.45) is 0 Å². The third-order valence-corrected chi connectivity index (χ3v) is 3.16. The molecule has 1 aliphatic heterocycles. The molecule has 2 rings (SSSR count). The quantitative estimate of drug-likeness (QED) is 0.770. The summed E-state index contributed by atoms with van der Waals surface area (Å²) in [5.74, 6) is -1.13. The molecule has 0 fully saturated rings. The van der Waals surface area contributed by atoms with Crippen LogP contribution in [0.5, 0.6) is 0 Å². The van der Waals surface area contributed by atoms with Crippen molar-refractivity contribution in [3.05, 3.63) is 48.2 Å². The second-order valence-electron chi connectivity index (χ2n) is 4.85. The molecule has 0 bridgehead atoms. The van der Waals surface area contributed by atoms with Gasteiger partial charge in [-0.05, 0) is 18.2 Å². The van der Waals surface area contributed by atoms with Crippen LogP contribution in [0.25, 0.3) is 0 Å². The van der Waals surface area contributed by atoms with Gasteiger partial charge in [0.15, 0.2) is 12.2 Å². The zero-order valence-electron chi connectivity index (χ0n) is 12.6. The lowest BCUT2D eigenvalue weighted by Gasteiger charge is -2.30. The molecule has 0 amide bonds. The van der Waals surface area contributed by atoms with Crippen molar-refractivity contribution in [2.75, 3.05) is 20.3 Å². The Morgan fingerprint density at radius 2 is 2.00 bits per heavy atom. The third kappa shape index (κ3) is 4.80. The molecule has 3 atom stereocenters. The van der Waals surface area contributed by atoms with Crippen molar-refractivity contribution in [3.8, 4) is 0 Å². The first-order chi connectivity index (χ1) is 11.1. The van der Waals surface area contributed by atoms with E-state index in [1.165, 1.54) is 19.4 Å². The normalized spacial score (nSPS) is 23.0. The Morgan fingerprint density at radius 1 is 1.26 bits per heavy atom. The van der Waals surface area contributed by atoms with Gasteiger partial charge in [-0.3, -0.25) is 0 Å². The van der Waals surface area contributed by atoms with Gasteiger partial charge in [-0.15, -0.1) is 0 Å². The molecule has 1 aliphatic rings. The number of methoxy groups -OCH3 is 1. The first kappa shape index (κ1) is 17.0. The number of esters is 2. The average Bonchev–Trinajstić information content (AvgIpc) is 2.56. The first-order valence-electron chi connectivity index (χ1n) is 7.02. The number of rotatable bonds is 6. The molecule has 0 saturated heterocycles. The summed E-state index contributed by atoms with van der Waals surface area (Å²) in [5.41, 5.74) is 0.399. The van der Waals surface area contributed by atoms with Gasteiger partial charge in [0.2, 0.25) is 0 Å². The van der Waals surface area contributed by atoms with Crippen molar-refractivity contribution < 1.29 is 33.6 Å². The monoisotopic (exact) mass is 322 g/mol.